The van der Waals surface area contributed by atoms with Crippen LogP contribution in [0.15, 0.2) is 54.0 Å². The Balaban J connectivity index is 1.32. The average molecular weight is 379 g/mol. The van der Waals surface area contributed by atoms with Crippen molar-refractivity contribution in [2.24, 2.45) is 0 Å². The molecule has 4 rings (SSSR count). The molecule has 0 radical (unpaired) electrons. The first-order valence-electron chi connectivity index (χ1n) is 9.12. The summed E-state index contributed by atoms with van der Waals surface area (Å²) in [6.07, 6.45) is 2.61. The molecule has 2 aromatic heterocycles. The topological polar surface area (TPSA) is 58.1 Å². The second-order valence-electron chi connectivity index (χ2n) is 6.83. The number of thiazole rings is 1. The lowest BCUT2D eigenvalue weighted by molar-refractivity contribution is -0.129. The zero-order valence-corrected chi connectivity index (χ0v) is 16.1. The molecule has 1 saturated heterocycles. The number of hydrogen-bond acceptors (Lipinski definition) is 5. The molecule has 0 spiro atoms. The summed E-state index contributed by atoms with van der Waals surface area (Å²) in [7, 11) is 0. The molecule has 1 atom stereocenters. The molecule has 1 aliphatic rings. The number of carbonyl (C=O) groups excluding carboxylic acids is 1. The molecule has 1 N–H and O–H groups in total. The normalized spacial score (nSPS) is 16.9. The average Bonchev–Trinajstić information content (AvgIpc) is 3.30. The smallest absolute Gasteiger partial charge is 0.240 e. The van der Waals surface area contributed by atoms with E-state index in [1.807, 2.05) is 28.5 Å². The van der Waals surface area contributed by atoms with Crippen LogP contribution in [0.5, 0.6) is 0 Å². The van der Waals surface area contributed by atoms with Crippen molar-refractivity contribution in [2.45, 2.75) is 32.5 Å². The van der Waals surface area contributed by atoms with E-state index in [-0.39, 0.29) is 11.9 Å². The Hall–Kier alpha value is -2.57. The predicted octanol–water partition coefficient (Wildman–Crippen LogP) is 3.40. The van der Waals surface area contributed by atoms with Crippen LogP contribution < -0.4 is 5.32 Å². The molecular weight excluding hydrogens is 356 g/mol. The van der Waals surface area contributed by atoms with E-state index in [2.05, 4.69) is 46.5 Å². The summed E-state index contributed by atoms with van der Waals surface area (Å²) in [5.74, 6) is 0.177. The first kappa shape index (κ1) is 17.8. The number of aryl methyl sites for hydroxylation is 1. The second-order valence-corrected chi connectivity index (χ2v) is 7.68. The van der Waals surface area contributed by atoms with Gasteiger partial charge in [-0.1, -0.05) is 35.9 Å². The van der Waals surface area contributed by atoms with Crippen LogP contribution >= 0.6 is 11.3 Å². The molecular formula is C21H22N4OS. The van der Waals surface area contributed by atoms with Gasteiger partial charge in [0.05, 0.1) is 17.4 Å². The molecule has 1 aromatic carbocycles. The highest BCUT2D eigenvalue weighted by Crippen LogP contribution is 2.22. The van der Waals surface area contributed by atoms with Gasteiger partial charge in [0.15, 0.2) is 0 Å². The summed E-state index contributed by atoms with van der Waals surface area (Å²) in [6.45, 7) is 4.14. The fourth-order valence-corrected chi connectivity index (χ4v) is 4.02. The number of carbonyl (C=O) groups is 1. The third kappa shape index (κ3) is 4.23. The van der Waals surface area contributed by atoms with E-state index in [4.69, 9.17) is 0 Å². The van der Waals surface area contributed by atoms with Gasteiger partial charge in [-0.25, -0.2) is 4.98 Å². The van der Waals surface area contributed by atoms with Gasteiger partial charge in [0.1, 0.15) is 5.01 Å². The number of hydrogen-bond donors (Lipinski definition) is 1. The third-order valence-corrected chi connectivity index (χ3v) is 5.67. The van der Waals surface area contributed by atoms with E-state index in [0.29, 0.717) is 13.1 Å². The molecule has 6 heteroatoms. The van der Waals surface area contributed by atoms with E-state index in [1.54, 1.807) is 17.5 Å². The van der Waals surface area contributed by atoms with Crippen LogP contribution in [-0.4, -0.2) is 33.4 Å². The lowest BCUT2D eigenvalue weighted by Gasteiger charge is -2.17. The lowest BCUT2D eigenvalue weighted by Crippen LogP contribution is -2.37. The number of nitrogens with one attached hydrogen (secondary N) is 1. The quantitative estimate of drug-likeness (QED) is 0.714. The van der Waals surface area contributed by atoms with E-state index in [0.717, 1.165) is 29.4 Å². The SMILES string of the molecule is Cc1ccc(CN2CCC(NCc3csc(-c4ccccn4)n3)C2=O)cc1. The van der Waals surface area contributed by atoms with Crippen LogP contribution in [0.2, 0.25) is 0 Å². The number of benzene rings is 1. The van der Waals surface area contributed by atoms with Crippen molar-refractivity contribution in [2.75, 3.05) is 6.54 Å². The maximum atomic E-state index is 12.7. The summed E-state index contributed by atoms with van der Waals surface area (Å²) in [5.41, 5.74) is 4.24. The number of pyridine rings is 1. The van der Waals surface area contributed by atoms with Crippen molar-refractivity contribution in [3.63, 3.8) is 0 Å². The summed E-state index contributed by atoms with van der Waals surface area (Å²) in [6, 6.07) is 14.1. The Morgan fingerprint density at radius 1 is 1.22 bits per heavy atom. The Labute approximate surface area is 163 Å². The van der Waals surface area contributed by atoms with Crippen LogP contribution in [0.1, 0.15) is 23.2 Å². The zero-order chi connectivity index (χ0) is 18.6. The van der Waals surface area contributed by atoms with Crippen LogP contribution in [0.25, 0.3) is 10.7 Å². The molecule has 0 bridgehead atoms. The molecule has 3 heterocycles. The standard InChI is InChI=1S/C21H22N4OS/c1-15-5-7-16(8-6-15)13-25-11-9-19(21(25)26)23-12-17-14-27-20(24-17)18-4-2-3-10-22-18/h2-8,10,14,19,23H,9,11-13H2,1H3. The third-order valence-electron chi connectivity index (χ3n) is 4.76. The summed E-state index contributed by atoms with van der Waals surface area (Å²) >= 11 is 1.58. The fourth-order valence-electron chi connectivity index (χ4n) is 3.22. The molecule has 138 valence electrons. The molecule has 3 aromatic rings. The summed E-state index contributed by atoms with van der Waals surface area (Å²) in [5, 5.41) is 6.31. The van der Waals surface area contributed by atoms with E-state index < -0.39 is 0 Å². The molecule has 1 unspecified atom stereocenters. The van der Waals surface area contributed by atoms with Crippen LogP contribution in [0, 0.1) is 6.92 Å². The predicted molar refractivity (Wildman–Crippen MR) is 107 cm³/mol. The Morgan fingerprint density at radius 3 is 2.85 bits per heavy atom. The highest BCUT2D eigenvalue weighted by Gasteiger charge is 2.31. The van der Waals surface area contributed by atoms with E-state index in [1.165, 1.54) is 11.1 Å². The first-order chi connectivity index (χ1) is 13.2. The van der Waals surface area contributed by atoms with Gasteiger partial charge in [0.25, 0.3) is 0 Å². The van der Waals surface area contributed by atoms with Crippen molar-refractivity contribution in [3.05, 3.63) is 70.9 Å². The van der Waals surface area contributed by atoms with Crippen molar-refractivity contribution in [3.8, 4) is 10.7 Å². The molecule has 0 saturated carbocycles. The minimum absolute atomic E-state index is 0.129. The molecule has 1 fully saturated rings. The molecule has 1 aliphatic heterocycles. The maximum Gasteiger partial charge on any atom is 0.240 e. The van der Waals surface area contributed by atoms with Crippen molar-refractivity contribution < 1.29 is 4.79 Å². The molecule has 1 amide bonds. The second kappa shape index (κ2) is 7.98. The molecule has 27 heavy (non-hydrogen) atoms. The fraction of sp³-hybridized carbons (Fsp3) is 0.286. The zero-order valence-electron chi connectivity index (χ0n) is 15.3. The largest absolute Gasteiger partial charge is 0.337 e. The van der Waals surface area contributed by atoms with Crippen molar-refractivity contribution >= 4 is 17.2 Å². The van der Waals surface area contributed by atoms with Gasteiger partial charge in [0.2, 0.25) is 5.91 Å². The Bertz CT molecular complexity index is 907. The van der Waals surface area contributed by atoms with E-state index in [9.17, 15) is 4.79 Å². The van der Waals surface area contributed by atoms with Gasteiger partial charge in [-0.15, -0.1) is 11.3 Å². The minimum Gasteiger partial charge on any atom is -0.337 e. The number of amides is 1. The lowest BCUT2D eigenvalue weighted by atomic mass is 10.1. The number of nitrogens with zero attached hydrogens (tertiary/aromatic N) is 3. The van der Waals surface area contributed by atoms with Gasteiger partial charge in [-0.3, -0.25) is 9.78 Å². The van der Waals surface area contributed by atoms with Gasteiger partial charge in [-0.2, -0.15) is 0 Å². The highest BCUT2D eigenvalue weighted by molar-refractivity contribution is 7.13. The van der Waals surface area contributed by atoms with Gasteiger partial charge in [-0.05, 0) is 31.0 Å². The van der Waals surface area contributed by atoms with Crippen molar-refractivity contribution in [1.29, 1.82) is 0 Å². The maximum absolute atomic E-state index is 12.7. The summed E-state index contributed by atoms with van der Waals surface area (Å²) < 4.78 is 0. The highest BCUT2D eigenvalue weighted by atomic mass is 32.1. The Kier molecular flexibility index (Phi) is 5.27. The number of rotatable bonds is 6. The number of aromatic nitrogens is 2. The van der Waals surface area contributed by atoms with Gasteiger partial charge >= 0.3 is 0 Å². The van der Waals surface area contributed by atoms with Crippen LogP contribution in [0.3, 0.4) is 0 Å². The van der Waals surface area contributed by atoms with E-state index >= 15 is 0 Å². The minimum atomic E-state index is -0.129. The first-order valence-corrected chi connectivity index (χ1v) is 10.0. The monoisotopic (exact) mass is 378 g/mol. The molecule has 5 nitrogen and oxygen atoms in total. The van der Waals surface area contributed by atoms with Gasteiger partial charge < -0.3 is 10.2 Å². The van der Waals surface area contributed by atoms with Crippen LogP contribution in [-0.2, 0) is 17.9 Å². The van der Waals surface area contributed by atoms with Crippen LogP contribution in [0.4, 0.5) is 0 Å². The Morgan fingerprint density at radius 2 is 2.07 bits per heavy atom. The van der Waals surface area contributed by atoms with Gasteiger partial charge in [0, 0.05) is 31.2 Å². The number of likely N-dealkylation sites (tertiary alicyclic amines) is 1. The molecule has 0 aliphatic carbocycles. The summed E-state index contributed by atoms with van der Waals surface area (Å²) in [4.78, 5) is 23.6. The van der Waals surface area contributed by atoms with Crippen molar-refractivity contribution in [1.82, 2.24) is 20.2 Å².